The summed E-state index contributed by atoms with van der Waals surface area (Å²) in [5.41, 5.74) is 0. The number of hydrogen-bond acceptors (Lipinski definition) is 3. The molecule has 0 aliphatic carbocycles. The van der Waals surface area contributed by atoms with E-state index in [1.807, 2.05) is 21.8 Å². The van der Waals surface area contributed by atoms with E-state index in [9.17, 15) is 4.79 Å². The Morgan fingerprint density at radius 2 is 2.40 bits per heavy atom. The zero-order chi connectivity index (χ0) is 13.9. The molecule has 1 aliphatic rings. The lowest BCUT2D eigenvalue weighted by molar-refractivity contribution is -0.131. The van der Waals surface area contributed by atoms with Crippen LogP contribution in [-0.2, 0) is 17.8 Å². The van der Waals surface area contributed by atoms with Gasteiger partial charge in [0.25, 0.3) is 0 Å². The van der Waals surface area contributed by atoms with Gasteiger partial charge < -0.3 is 4.90 Å². The molecule has 0 N–H and O–H groups in total. The third-order valence-electron chi connectivity index (χ3n) is 3.78. The number of amides is 1. The second kappa shape index (κ2) is 5.79. The van der Waals surface area contributed by atoms with E-state index in [0.717, 1.165) is 30.8 Å². The molecule has 1 aliphatic heterocycles. The highest BCUT2D eigenvalue weighted by Crippen LogP contribution is 2.22. The first-order valence-corrected chi connectivity index (χ1v) is 7.86. The molecular weight excluding hydrogens is 270 g/mol. The second-order valence-electron chi connectivity index (χ2n) is 5.30. The largest absolute Gasteiger partial charge is 0.338 e. The Morgan fingerprint density at radius 1 is 1.50 bits per heavy atom. The van der Waals surface area contributed by atoms with Crippen molar-refractivity contribution in [1.29, 1.82) is 0 Å². The molecule has 0 bridgehead atoms. The summed E-state index contributed by atoms with van der Waals surface area (Å²) in [5, 5.41) is 4.24. The molecule has 4 nitrogen and oxygen atoms in total. The predicted molar refractivity (Wildman–Crippen MR) is 79.7 cm³/mol. The van der Waals surface area contributed by atoms with Crippen molar-refractivity contribution in [2.75, 3.05) is 6.54 Å². The van der Waals surface area contributed by atoms with Crippen LogP contribution in [0.4, 0.5) is 0 Å². The lowest BCUT2D eigenvalue weighted by Gasteiger charge is -2.24. The highest BCUT2D eigenvalue weighted by atomic mass is 32.1. The summed E-state index contributed by atoms with van der Waals surface area (Å²) in [4.78, 5) is 16.9. The van der Waals surface area contributed by atoms with Crippen LogP contribution in [0.1, 0.15) is 22.6 Å². The van der Waals surface area contributed by atoms with Crippen LogP contribution in [0.25, 0.3) is 0 Å². The molecule has 5 heteroatoms. The third kappa shape index (κ3) is 2.93. The average Bonchev–Trinajstić information content (AvgIpc) is 3.12. The minimum absolute atomic E-state index is 0.251. The van der Waals surface area contributed by atoms with Gasteiger partial charge in [-0.15, -0.1) is 11.3 Å². The summed E-state index contributed by atoms with van der Waals surface area (Å²) in [6, 6.07) is 6.37. The van der Waals surface area contributed by atoms with E-state index in [0.29, 0.717) is 12.5 Å². The quantitative estimate of drug-likeness (QED) is 0.867. The number of aromatic nitrogens is 2. The first-order valence-electron chi connectivity index (χ1n) is 7.04. The number of nitrogens with zero attached hydrogens (tertiary/aromatic N) is 3. The topological polar surface area (TPSA) is 38.1 Å². The third-order valence-corrected chi connectivity index (χ3v) is 4.78. The van der Waals surface area contributed by atoms with Crippen LogP contribution in [0.2, 0.25) is 0 Å². The van der Waals surface area contributed by atoms with Crippen LogP contribution in [0.5, 0.6) is 0 Å². The fraction of sp³-hybridized carbons (Fsp3) is 0.467. The molecule has 0 saturated carbocycles. The lowest BCUT2D eigenvalue weighted by Crippen LogP contribution is -2.38. The first kappa shape index (κ1) is 13.4. The van der Waals surface area contributed by atoms with E-state index in [1.165, 1.54) is 4.88 Å². The minimum atomic E-state index is 0.251. The van der Waals surface area contributed by atoms with Crippen LogP contribution >= 0.6 is 11.3 Å². The second-order valence-corrected chi connectivity index (χ2v) is 6.67. The normalized spacial score (nSPS) is 18.6. The van der Waals surface area contributed by atoms with E-state index in [1.54, 1.807) is 17.5 Å². The molecule has 1 amide bonds. The summed E-state index contributed by atoms with van der Waals surface area (Å²) in [6.45, 7) is 3.77. The lowest BCUT2D eigenvalue weighted by atomic mass is 10.2. The van der Waals surface area contributed by atoms with Crippen LogP contribution in [0.15, 0.2) is 30.6 Å². The number of hydrogen-bond donors (Lipinski definition) is 0. The standard InChI is InChI=1S/C15H19N3OS/c1-12-5-6-14(20-12)10-15(19)18-9-2-4-13(18)11-17-8-3-7-16-17/h3,5-8,13H,2,4,9-11H2,1H3/t13-/m1/s1. The molecule has 3 rings (SSSR count). The number of thiophene rings is 1. The maximum atomic E-state index is 12.5. The van der Waals surface area contributed by atoms with Crippen LogP contribution in [0.3, 0.4) is 0 Å². The Labute approximate surface area is 123 Å². The molecule has 106 valence electrons. The van der Waals surface area contributed by atoms with Crippen molar-refractivity contribution in [1.82, 2.24) is 14.7 Å². The van der Waals surface area contributed by atoms with Crippen LogP contribution < -0.4 is 0 Å². The molecule has 0 spiro atoms. The van der Waals surface area contributed by atoms with E-state index in [4.69, 9.17) is 0 Å². The zero-order valence-corrected chi connectivity index (χ0v) is 12.5. The number of likely N-dealkylation sites (tertiary alicyclic amines) is 1. The molecule has 0 radical (unpaired) electrons. The molecule has 20 heavy (non-hydrogen) atoms. The zero-order valence-electron chi connectivity index (χ0n) is 11.7. The number of aryl methyl sites for hydroxylation is 1. The first-order chi connectivity index (χ1) is 9.72. The Bertz CT molecular complexity index is 576. The van der Waals surface area contributed by atoms with Gasteiger partial charge in [-0.2, -0.15) is 5.10 Å². The Kier molecular flexibility index (Phi) is 3.87. The van der Waals surface area contributed by atoms with Crippen molar-refractivity contribution in [2.24, 2.45) is 0 Å². The van der Waals surface area contributed by atoms with Crippen molar-refractivity contribution in [3.63, 3.8) is 0 Å². The summed E-state index contributed by atoms with van der Waals surface area (Å²) >= 11 is 1.72. The van der Waals surface area contributed by atoms with Gasteiger partial charge in [-0.1, -0.05) is 0 Å². The Balaban J connectivity index is 1.64. The van der Waals surface area contributed by atoms with Gasteiger partial charge in [0.15, 0.2) is 0 Å². The van der Waals surface area contributed by atoms with Gasteiger partial charge in [-0.3, -0.25) is 9.48 Å². The molecular formula is C15H19N3OS. The van der Waals surface area contributed by atoms with Gasteiger partial charge in [0.2, 0.25) is 5.91 Å². The fourth-order valence-corrected chi connectivity index (χ4v) is 3.69. The van der Waals surface area contributed by atoms with Crippen molar-refractivity contribution >= 4 is 17.2 Å². The SMILES string of the molecule is Cc1ccc(CC(=O)N2CCC[C@@H]2Cn2cccn2)s1. The summed E-state index contributed by atoms with van der Waals surface area (Å²) in [5.74, 6) is 0.251. The number of carbonyl (C=O) groups is 1. The van der Waals surface area contributed by atoms with Gasteiger partial charge in [-0.25, -0.2) is 0 Å². The smallest absolute Gasteiger partial charge is 0.228 e. The Hall–Kier alpha value is -1.62. The molecule has 1 atom stereocenters. The fourth-order valence-electron chi connectivity index (χ4n) is 2.81. The van der Waals surface area contributed by atoms with Crippen molar-refractivity contribution in [3.05, 3.63) is 40.3 Å². The van der Waals surface area contributed by atoms with Crippen molar-refractivity contribution in [3.8, 4) is 0 Å². The predicted octanol–water partition coefficient (Wildman–Crippen LogP) is 2.49. The molecule has 1 fully saturated rings. The minimum Gasteiger partial charge on any atom is -0.338 e. The monoisotopic (exact) mass is 289 g/mol. The highest BCUT2D eigenvalue weighted by molar-refractivity contribution is 7.12. The molecule has 3 heterocycles. The molecule has 0 aromatic carbocycles. The van der Waals surface area contributed by atoms with E-state index in [-0.39, 0.29) is 5.91 Å². The maximum Gasteiger partial charge on any atom is 0.228 e. The van der Waals surface area contributed by atoms with Gasteiger partial charge in [0, 0.05) is 28.7 Å². The van der Waals surface area contributed by atoms with Gasteiger partial charge in [0.1, 0.15) is 0 Å². The number of rotatable bonds is 4. The molecule has 2 aromatic heterocycles. The van der Waals surface area contributed by atoms with Crippen molar-refractivity contribution in [2.45, 2.75) is 38.8 Å². The van der Waals surface area contributed by atoms with E-state index >= 15 is 0 Å². The van der Waals surface area contributed by atoms with Crippen molar-refractivity contribution < 1.29 is 4.79 Å². The van der Waals surface area contributed by atoms with Gasteiger partial charge >= 0.3 is 0 Å². The van der Waals surface area contributed by atoms with Gasteiger partial charge in [0.05, 0.1) is 19.0 Å². The molecule has 1 saturated heterocycles. The maximum absolute atomic E-state index is 12.5. The highest BCUT2D eigenvalue weighted by Gasteiger charge is 2.29. The molecule has 2 aromatic rings. The summed E-state index contributed by atoms with van der Waals surface area (Å²) in [7, 11) is 0. The summed E-state index contributed by atoms with van der Waals surface area (Å²) < 4.78 is 1.92. The molecule has 0 unspecified atom stereocenters. The average molecular weight is 289 g/mol. The Morgan fingerprint density at radius 3 is 3.10 bits per heavy atom. The van der Waals surface area contributed by atoms with Gasteiger partial charge in [-0.05, 0) is 38.0 Å². The van der Waals surface area contributed by atoms with E-state index in [2.05, 4.69) is 24.2 Å². The van der Waals surface area contributed by atoms with Crippen LogP contribution in [0, 0.1) is 6.92 Å². The van der Waals surface area contributed by atoms with Crippen LogP contribution in [-0.4, -0.2) is 33.2 Å². The van der Waals surface area contributed by atoms with E-state index < -0.39 is 0 Å². The summed E-state index contributed by atoms with van der Waals surface area (Å²) in [6.07, 6.45) is 6.46. The number of carbonyl (C=O) groups excluding carboxylic acids is 1.